The number of hydrogen-bond acceptors (Lipinski definition) is 7. The smallest absolute Gasteiger partial charge is 0.330 e. The van der Waals surface area contributed by atoms with Crippen LogP contribution in [0, 0.1) is 5.92 Å². The Hall–Kier alpha value is -2.49. The number of nitrogens with zero attached hydrogens (tertiary/aromatic N) is 1. The summed E-state index contributed by atoms with van der Waals surface area (Å²) in [6.07, 6.45) is 1.49. The molecule has 1 aliphatic heterocycles. The predicted octanol–water partition coefficient (Wildman–Crippen LogP) is 1.27. The Bertz CT molecular complexity index is 691. The number of carbonyl (C=O) groups excluding carboxylic acids is 4. The quantitative estimate of drug-likeness (QED) is 0.694. The first-order valence-electron chi connectivity index (χ1n) is 8.47. The van der Waals surface area contributed by atoms with Crippen LogP contribution in [0.3, 0.4) is 0 Å². The third-order valence-electron chi connectivity index (χ3n) is 3.69. The molecular weight excluding hydrogens is 374 g/mol. The van der Waals surface area contributed by atoms with Crippen molar-refractivity contribution >= 4 is 35.6 Å². The monoisotopic (exact) mass is 397 g/mol. The van der Waals surface area contributed by atoms with E-state index in [9.17, 15) is 19.2 Å². The van der Waals surface area contributed by atoms with Crippen molar-refractivity contribution in [3.63, 3.8) is 0 Å². The average molecular weight is 397 g/mol. The lowest BCUT2D eigenvalue weighted by molar-refractivity contribution is -0.156. The van der Waals surface area contributed by atoms with Crippen LogP contribution >= 0.6 is 11.8 Å². The molecule has 0 aliphatic carbocycles. The molecule has 0 bridgehead atoms. The van der Waals surface area contributed by atoms with Gasteiger partial charge in [0.2, 0.25) is 5.91 Å². The van der Waals surface area contributed by atoms with E-state index in [1.54, 1.807) is 12.1 Å². The summed E-state index contributed by atoms with van der Waals surface area (Å²) in [6, 6.07) is 1.95. The molecule has 0 spiro atoms. The molecule has 9 nitrogen and oxygen atoms in total. The molecular formula is C17H23N3O6S. The van der Waals surface area contributed by atoms with E-state index in [4.69, 9.17) is 9.15 Å². The molecule has 0 aromatic carbocycles. The molecule has 148 valence electrons. The number of rotatable bonds is 6. The van der Waals surface area contributed by atoms with Crippen molar-refractivity contribution in [2.24, 2.45) is 5.92 Å². The molecule has 2 atom stereocenters. The van der Waals surface area contributed by atoms with E-state index in [0.717, 1.165) is 0 Å². The molecule has 2 rings (SSSR count). The standard InChI is InChI=1S/C17H23N3O6S/c1-10(2)7-18-17(24)19-14(22)8-26-16(23)12-9-27-15(20(12)11(3)21)13-5-4-6-25-13/h4-6,10,12,15H,7-9H2,1-3H3,(H2,18,19,22,24)/t12-,15-/m0/s1. The summed E-state index contributed by atoms with van der Waals surface area (Å²) >= 11 is 1.37. The van der Waals surface area contributed by atoms with Crippen molar-refractivity contribution in [2.75, 3.05) is 18.9 Å². The van der Waals surface area contributed by atoms with E-state index in [0.29, 0.717) is 18.1 Å². The third kappa shape index (κ3) is 5.75. The van der Waals surface area contributed by atoms with Crippen LogP contribution in [0.1, 0.15) is 31.9 Å². The largest absolute Gasteiger partial charge is 0.466 e. The van der Waals surface area contributed by atoms with Crippen LogP contribution in [0.25, 0.3) is 0 Å². The number of esters is 1. The van der Waals surface area contributed by atoms with Crippen molar-refractivity contribution in [1.82, 2.24) is 15.5 Å². The maximum atomic E-state index is 12.3. The molecule has 27 heavy (non-hydrogen) atoms. The zero-order chi connectivity index (χ0) is 20.0. The van der Waals surface area contributed by atoms with E-state index in [1.165, 1.54) is 29.8 Å². The number of carbonyl (C=O) groups is 4. The van der Waals surface area contributed by atoms with Crippen molar-refractivity contribution in [2.45, 2.75) is 32.2 Å². The van der Waals surface area contributed by atoms with E-state index in [-0.39, 0.29) is 11.8 Å². The fourth-order valence-electron chi connectivity index (χ4n) is 2.46. The van der Waals surface area contributed by atoms with Gasteiger partial charge in [0.05, 0.1) is 6.26 Å². The van der Waals surface area contributed by atoms with Gasteiger partial charge in [-0.3, -0.25) is 14.9 Å². The Balaban J connectivity index is 1.87. The van der Waals surface area contributed by atoms with Gasteiger partial charge in [0.1, 0.15) is 17.2 Å². The van der Waals surface area contributed by atoms with Gasteiger partial charge in [-0.2, -0.15) is 0 Å². The topological polar surface area (TPSA) is 118 Å². The number of hydrogen-bond donors (Lipinski definition) is 2. The van der Waals surface area contributed by atoms with E-state index < -0.39 is 35.9 Å². The summed E-state index contributed by atoms with van der Waals surface area (Å²) < 4.78 is 10.3. The molecule has 10 heteroatoms. The van der Waals surface area contributed by atoms with Crippen molar-refractivity contribution in [1.29, 1.82) is 0 Å². The molecule has 0 saturated carbocycles. The molecule has 2 heterocycles. The normalized spacial score (nSPS) is 19.0. The Labute approximate surface area is 161 Å². The first kappa shape index (κ1) is 20.8. The van der Waals surface area contributed by atoms with Gasteiger partial charge in [0, 0.05) is 19.2 Å². The Morgan fingerprint density at radius 3 is 2.70 bits per heavy atom. The summed E-state index contributed by atoms with van der Waals surface area (Å²) in [5.74, 6) is -0.633. The molecule has 1 aromatic rings. The fraction of sp³-hybridized carbons (Fsp3) is 0.529. The van der Waals surface area contributed by atoms with Gasteiger partial charge < -0.3 is 19.4 Å². The Morgan fingerprint density at radius 1 is 1.37 bits per heavy atom. The zero-order valence-corrected chi connectivity index (χ0v) is 16.2. The average Bonchev–Trinajstić information content (AvgIpc) is 3.26. The highest BCUT2D eigenvalue weighted by molar-refractivity contribution is 7.99. The van der Waals surface area contributed by atoms with Crippen LogP contribution in [0.2, 0.25) is 0 Å². The van der Waals surface area contributed by atoms with Crippen LogP contribution in [0.4, 0.5) is 4.79 Å². The molecule has 1 aromatic heterocycles. The van der Waals surface area contributed by atoms with Gasteiger partial charge in [-0.15, -0.1) is 11.8 Å². The van der Waals surface area contributed by atoms with Gasteiger partial charge in [0.25, 0.3) is 5.91 Å². The highest BCUT2D eigenvalue weighted by Gasteiger charge is 2.43. The van der Waals surface area contributed by atoms with E-state index in [2.05, 4.69) is 10.6 Å². The number of ether oxygens (including phenoxy) is 1. The number of furan rings is 1. The summed E-state index contributed by atoms with van der Waals surface area (Å²) in [5.41, 5.74) is 0. The van der Waals surface area contributed by atoms with Crippen molar-refractivity contribution in [3.8, 4) is 0 Å². The first-order chi connectivity index (χ1) is 12.8. The number of nitrogens with one attached hydrogen (secondary N) is 2. The van der Waals surface area contributed by atoms with Crippen LogP contribution in [-0.4, -0.2) is 53.7 Å². The first-order valence-corrected chi connectivity index (χ1v) is 9.52. The molecule has 1 fully saturated rings. The SMILES string of the molecule is CC(=O)N1[C@H](C(=O)OCC(=O)NC(=O)NCC(C)C)CS[C@H]1c1ccco1. The minimum Gasteiger partial charge on any atom is -0.466 e. The predicted molar refractivity (Wildman–Crippen MR) is 97.6 cm³/mol. The minimum absolute atomic E-state index is 0.239. The Kier molecular flexibility index (Phi) is 7.28. The van der Waals surface area contributed by atoms with Crippen molar-refractivity contribution in [3.05, 3.63) is 24.2 Å². The summed E-state index contributed by atoms with van der Waals surface area (Å²) in [4.78, 5) is 49.0. The summed E-state index contributed by atoms with van der Waals surface area (Å²) in [5, 5.41) is 4.18. The maximum Gasteiger partial charge on any atom is 0.330 e. The lowest BCUT2D eigenvalue weighted by Gasteiger charge is -2.25. The second kappa shape index (κ2) is 9.45. The fourth-order valence-corrected chi connectivity index (χ4v) is 3.88. The van der Waals surface area contributed by atoms with E-state index >= 15 is 0 Å². The molecule has 1 aliphatic rings. The number of urea groups is 1. The van der Waals surface area contributed by atoms with Gasteiger partial charge in [-0.05, 0) is 18.1 Å². The molecule has 1 saturated heterocycles. The molecule has 4 amide bonds. The van der Waals surface area contributed by atoms with Crippen LogP contribution in [0.5, 0.6) is 0 Å². The number of imide groups is 1. The van der Waals surface area contributed by atoms with Gasteiger partial charge in [-0.1, -0.05) is 13.8 Å². The second-order valence-corrected chi connectivity index (χ2v) is 7.52. The lowest BCUT2D eigenvalue weighted by atomic mass is 10.2. The minimum atomic E-state index is -0.829. The maximum absolute atomic E-state index is 12.3. The number of amides is 4. The molecule has 0 radical (unpaired) electrons. The Morgan fingerprint density at radius 2 is 2.11 bits per heavy atom. The van der Waals surface area contributed by atoms with Gasteiger partial charge >= 0.3 is 12.0 Å². The zero-order valence-electron chi connectivity index (χ0n) is 15.4. The van der Waals surface area contributed by atoms with Gasteiger partial charge in [-0.25, -0.2) is 9.59 Å². The van der Waals surface area contributed by atoms with Gasteiger partial charge in [0.15, 0.2) is 6.61 Å². The summed E-state index contributed by atoms with van der Waals surface area (Å²) in [7, 11) is 0. The highest BCUT2D eigenvalue weighted by Crippen LogP contribution is 2.41. The highest BCUT2D eigenvalue weighted by atomic mass is 32.2. The van der Waals surface area contributed by atoms with Crippen LogP contribution in [-0.2, 0) is 19.1 Å². The third-order valence-corrected chi connectivity index (χ3v) is 4.98. The van der Waals surface area contributed by atoms with E-state index in [1.807, 2.05) is 13.8 Å². The number of thioether (sulfide) groups is 1. The van der Waals surface area contributed by atoms with Crippen LogP contribution < -0.4 is 10.6 Å². The lowest BCUT2D eigenvalue weighted by Crippen LogP contribution is -2.45. The van der Waals surface area contributed by atoms with Crippen LogP contribution in [0.15, 0.2) is 22.8 Å². The summed E-state index contributed by atoms with van der Waals surface area (Å²) in [6.45, 7) is 5.00. The molecule has 2 N–H and O–H groups in total. The molecule has 0 unspecified atom stereocenters. The second-order valence-electron chi connectivity index (χ2n) is 6.40. The van der Waals surface area contributed by atoms with Crippen molar-refractivity contribution < 1.29 is 28.3 Å².